The molecule has 0 aliphatic heterocycles. The smallest absolute Gasteiger partial charge is 0.374 e. The van der Waals surface area contributed by atoms with E-state index in [1.165, 1.54) is 5.56 Å². The largest absolute Gasteiger partial charge is 0.477 e. The van der Waals surface area contributed by atoms with E-state index in [0.29, 0.717) is 5.92 Å². The van der Waals surface area contributed by atoms with Crippen molar-refractivity contribution in [2.45, 2.75) is 39.0 Å². The Kier molecular flexibility index (Phi) is 4.82. The quantitative estimate of drug-likeness (QED) is 0.845. The Bertz CT molecular complexity index is 397. The van der Waals surface area contributed by atoms with Gasteiger partial charge in [0.1, 0.15) is 0 Å². The number of carboxylic acid groups (broad SMARTS) is 1. The molecule has 0 bridgehead atoms. The number of hydrogen-bond donors (Lipinski definition) is 1. The molecule has 0 aromatic heterocycles. The summed E-state index contributed by atoms with van der Waals surface area (Å²) < 4.78 is 25.8. The highest BCUT2D eigenvalue weighted by atomic mass is 19.3. The average molecular weight is 256 g/mol. The number of rotatable bonds is 6. The van der Waals surface area contributed by atoms with Crippen LogP contribution < -0.4 is 0 Å². The summed E-state index contributed by atoms with van der Waals surface area (Å²) >= 11 is 0. The fourth-order valence-electron chi connectivity index (χ4n) is 1.72. The fourth-order valence-corrected chi connectivity index (χ4v) is 1.72. The number of alkyl halides is 2. The highest BCUT2D eigenvalue weighted by Gasteiger charge is 2.37. The number of hydrogen-bond acceptors (Lipinski definition) is 1. The van der Waals surface area contributed by atoms with Gasteiger partial charge in [0.25, 0.3) is 0 Å². The van der Waals surface area contributed by atoms with Crippen LogP contribution in [0, 0.1) is 5.92 Å². The van der Waals surface area contributed by atoms with Gasteiger partial charge in [0.05, 0.1) is 0 Å². The number of halogens is 2. The molecule has 0 radical (unpaired) electrons. The Balaban J connectivity index is 2.57. The van der Waals surface area contributed by atoms with Gasteiger partial charge in [-0.3, -0.25) is 0 Å². The van der Waals surface area contributed by atoms with Crippen LogP contribution in [-0.4, -0.2) is 17.0 Å². The Hall–Kier alpha value is -1.45. The second kappa shape index (κ2) is 5.94. The predicted octanol–water partition coefficient (Wildman–Crippen LogP) is 3.54. The van der Waals surface area contributed by atoms with Gasteiger partial charge in [-0.25, -0.2) is 4.79 Å². The molecule has 0 aliphatic carbocycles. The molecule has 0 fully saturated rings. The molecular weight excluding hydrogens is 238 g/mol. The van der Waals surface area contributed by atoms with E-state index in [4.69, 9.17) is 5.11 Å². The third kappa shape index (κ3) is 4.43. The molecule has 4 heteroatoms. The summed E-state index contributed by atoms with van der Waals surface area (Å²) in [6.07, 6.45) is 0.360. The number of carbonyl (C=O) groups is 1. The van der Waals surface area contributed by atoms with Crippen molar-refractivity contribution in [3.63, 3.8) is 0 Å². The molecule has 100 valence electrons. The molecule has 0 atom stereocenters. The van der Waals surface area contributed by atoms with Gasteiger partial charge >= 0.3 is 11.9 Å². The fraction of sp³-hybridized carbons (Fsp3) is 0.500. The zero-order chi connectivity index (χ0) is 13.8. The third-order valence-electron chi connectivity index (χ3n) is 2.71. The van der Waals surface area contributed by atoms with Crippen LogP contribution in [-0.2, 0) is 17.6 Å². The molecule has 0 amide bonds. The second-order valence-electron chi connectivity index (χ2n) is 4.92. The van der Waals surface area contributed by atoms with Crippen LogP contribution in [0.1, 0.15) is 31.4 Å². The summed E-state index contributed by atoms with van der Waals surface area (Å²) in [5.74, 6) is -5.15. The molecule has 1 N–H and O–H groups in total. The van der Waals surface area contributed by atoms with Crippen molar-refractivity contribution in [2.75, 3.05) is 0 Å². The minimum absolute atomic E-state index is 0.0707. The van der Waals surface area contributed by atoms with E-state index < -0.39 is 18.3 Å². The molecule has 0 unspecified atom stereocenters. The highest BCUT2D eigenvalue weighted by Crippen LogP contribution is 2.21. The van der Waals surface area contributed by atoms with Crippen LogP contribution in [0.4, 0.5) is 8.78 Å². The van der Waals surface area contributed by atoms with Crippen LogP contribution in [0.3, 0.4) is 0 Å². The van der Waals surface area contributed by atoms with Crippen molar-refractivity contribution in [1.29, 1.82) is 0 Å². The number of aliphatic carboxylic acids is 1. The van der Waals surface area contributed by atoms with Gasteiger partial charge < -0.3 is 5.11 Å². The minimum Gasteiger partial charge on any atom is -0.477 e. The topological polar surface area (TPSA) is 37.3 Å². The van der Waals surface area contributed by atoms with E-state index in [1.807, 2.05) is 12.1 Å². The van der Waals surface area contributed by atoms with Crippen LogP contribution in [0.15, 0.2) is 24.3 Å². The minimum atomic E-state index is -3.64. The predicted molar refractivity (Wildman–Crippen MR) is 65.9 cm³/mol. The zero-order valence-electron chi connectivity index (χ0n) is 10.6. The van der Waals surface area contributed by atoms with Gasteiger partial charge in [-0.1, -0.05) is 38.1 Å². The molecular formula is C14H18F2O2. The lowest BCUT2D eigenvalue weighted by atomic mass is 10.00. The Morgan fingerprint density at radius 1 is 1.22 bits per heavy atom. The lowest BCUT2D eigenvalue weighted by molar-refractivity contribution is -0.165. The summed E-state index contributed by atoms with van der Waals surface area (Å²) in [4.78, 5) is 10.3. The van der Waals surface area contributed by atoms with Crippen molar-refractivity contribution in [3.8, 4) is 0 Å². The van der Waals surface area contributed by atoms with E-state index in [1.54, 1.807) is 12.1 Å². The van der Waals surface area contributed by atoms with Crippen molar-refractivity contribution in [2.24, 2.45) is 5.92 Å². The second-order valence-corrected chi connectivity index (χ2v) is 4.92. The van der Waals surface area contributed by atoms with Crippen molar-refractivity contribution < 1.29 is 18.7 Å². The lowest BCUT2D eigenvalue weighted by Crippen LogP contribution is -2.28. The summed E-state index contributed by atoms with van der Waals surface area (Å²) in [6, 6.07) is 7.40. The van der Waals surface area contributed by atoms with Gasteiger partial charge in [-0.2, -0.15) is 8.78 Å². The first-order valence-corrected chi connectivity index (χ1v) is 6.00. The van der Waals surface area contributed by atoms with Crippen LogP contribution in [0.25, 0.3) is 0 Å². The first-order valence-electron chi connectivity index (χ1n) is 6.00. The molecule has 18 heavy (non-hydrogen) atoms. The standard InChI is InChI=1S/C14H18F2O2/c1-10(2)9-12-5-3-11(4-6-12)7-8-14(15,16)13(17)18/h3-6,10H,7-9H2,1-2H3,(H,17,18). The zero-order valence-corrected chi connectivity index (χ0v) is 10.6. The van der Waals surface area contributed by atoms with Crippen LogP contribution >= 0.6 is 0 Å². The maximum Gasteiger partial charge on any atom is 0.374 e. The Labute approximate surface area is 106 Å². The van der Waals surface area contributed by atoms with Gasteiger partial charge in [-0.15, -0.1) is 0 Å². The third-order valence-corrected chi connectivity index (χ3v) is 2.71. The maximum absolute atomic E-state index is 12.9. The molecule has 1 rings (SSSR count). The summed E-state index contributed by atoms with van der Waals surface area (Å²) in [7, 11) is 0. The number of benzene rings is 1. The normalized spacial score (nSPS) is 11.8. The molecule has 1 aromatic rings. The molecule has 0 heterocycles. The number of carboxylic acids is 1. The van der Waals surface area contributed by atoms with Crippen molar-refractivity contribution >= 4 is 5.97 Å². The van der Waals surface area contributed by atoms with Crippen molar-refractivity contribution in [3.05, 3.63) is 35.4 Å². The van der Waals surface area contributed by atoms with Crippen LogP contribution in [0.2, 0.25) is 0 Å². The molecule has 0 saturated carbocycles. The summed E-state index contributed by atoms with van der Waals surface area (Å²) in [5.41, 5.74) is 1.90. The monoisotopic (exact) mass is 256 g/mol. The van der Waals surface area contributed by atoms with Crippen molar-refractivity contribution in [1.82, 2.24) is 0 Å². The summed E-state index contributed by atoms with van der Waals surface area (Å²) in [6.45, 7) is 4.22. The molecule has 0 saturated heterocycles. The molecule has 2 nitrogen and oxygen atoms in total. The molecule has 1 aromatic carbocycles. The molecule has 0 spiro atoms. The first-order chi connectivity index (χ1) is 8.31. The van der Waals surface area contributed by atoms with E-state index in [9.17, 15) is 13.6 Å². The van der Waals surface area contributed by atoms with Gasteiger partial charge in [-0.05, 0) is 29.9 Å². The highest BCUT2D eigenvalue weighted by molar-refractivity contribution is 5.75. The van der Waals surface area contributed by atoms with Gasteiger partial charge in [0.15, 0.2) is 0 Å². The first kappa shape index (κ1) is 14.6. The van der Waals surface area contributed by atoms with Crippen LogP contribution in [0.5, 0.6) is 0 Å². The van der Waals surface area contributed by atoms with Gasteiger partial charge in [0, 0.05) is 6.42 Å². The SMILES string of the molecule is CC(C)Cc1ccc(CCC(F)(F)C(=O)O)cc1. The van der Waals surface area contributed by atoms with E-state index in [-0.39, 0.29) is 6.42 Å². The van der Waals surface area contributed by atoms with Gasteiger partial charge in [0.2, 0.25) is 0 Å². The lowest BCUT2D eigenvalue weighted by Gasteiger charge is -2.11. The Morgan fingerprint density at radius 3 is 2.17 bits per heavy atom. The summed E-state index contributed by atoms with van der Waals surface area (Å²) in [5, 5.41) is 8.31. The maximum atomic E-state index is 12.9. The number of aryl methyl sites for hydroxylation is 1. The van der Waals surface area contributed by atoms with E-state index in [0.717, 1.165) is 12.0 Å². The average Bonchev–Trinajstić information content (AvgIpc) is 2.27. The van der Waals surface area contributed by atoms with E-state index >= 15 is 0 Å². The molecule has 0 aliphatic rings. The Morgan fingerprint density at radius 2 is 1.72 bits per heavy atom. The van der Waals surface area contributed by atoms with E-state index in [2.05, 4.69) is 13.8 Å².